The summed E-state index contributed by atoms with van der Waals surface area (Å²) in [6, 6.07) is 20.9. The third kappa shape index (κ3) is 6.20. The number of sulfonamides is 1. The van der Waals surface area contributed by atoms with Crippen LogP contribution in [0.3, 0.4) is 0 Å². The van der Waals surface area contributed by atoms with E-state index in [4.69, 9.17) is 0 Å². The molecule has 192 valence electrons. The number of anilines is 1. The Morgan fingerprint density at radius 1 is 0.946 bits per heavy atom. The van der Waals surface area contributed by atoms with Crippen molar-refractivity contribution in [3.05, 3.63) is 77.9 Å². The molecule has 5 rings (SSSR count). The van der Waals surface area contributed by atoms with Crippen molar-refractivity contribution in [2.75, 3.05) is 25.0 Å². The van der Waals surface area contributed by atoms with Gasteiger partial charge in [-0.15, -0.1) is 10.2 Å². The smallest absolute Gasteiger partial charge is 0.243 e. The molecule has 3 aromatic carbocycles. The number of thioether (sulfide) groups is 1. The molecule has 10 heteroatoms. The number of rotatable bonds is 9. The monoisotopic (exact) mass is 552 g/mol. The summed E-state index contributed by atoms with van der Waals surface area (Å²) in [5, 5.41) is 14.4. The summed E-state index contributed by atoms with van der Waals surface area (Å²) in [4.78, 5) is 13.0. The second-order valence-electron chi connectivity index (χ2n) is 8.92. The van der Waals surface area contributed by atoms with E-state index in [2.05, 4.69) is 45.8 Å². The molecule has 0 atom stereocenters. The van der Waals surface area contributed by atoms with Crippen LogP contribution in [-0.4, -0.2) is 48.3 Å². The fourth-order valence-electron chi connectivity index (χ4n) is 4.42. The minimum atomic E-state index is -3.61. The predicted molar refractivity (Wildman–Crippen MR) is 150 cm³/mol. The molecule has 0 spiro atoms. The number of fused-ring (bicyclic) bond motifs is 1. The first-order valence-corrected chi connectivity index (χ1v) is 15.6. The molecule has 0 aliphatic carbocycles. The van der Waals surface area contributed by atoms with Crippen molar-refractivity contribution in [1.29, 1.82) is 0 Å². The molecule has 37 heavy (non-hydrogen) atoms. The highest BCUT2D eigenvalue weighted by Crippen LogP contribution is 2.31. The Labute approximate surface area is 225 Å². The molecule has 0 radical (unpaired) electrons. The second kappa shape index (κ2) is 11.7. The van der Waals surface area contributed by atoms with Crippen LogP contribution >= 0.6 is 23.1 Å². The Morgan fingerprint density at radius 2 is 1.70 bits per heavy atom. The number of carbonyl (C=O) groups excluding carboxylic acids is 1. The fraction of sp³-hybridized carbons (Fsp3) is 0.296. The lowest BCUT2D eigenvalue weighted by molar-refractivity contribution is 0.101. The van der Waals surface area contributed by atoms with E-state index >= 15 is 0 Å². The summed E-state index contributed by atoms with van der Waals surface area (Å²) in [7, 11) is -3.61. The van der Waals surface area contributed by atoms with Crippen LogP contribution in [0.1, 0.15) is 41.6 Å². The van der Waals surface area contributed by atoms with Gasteiger partial charge in [0.25, 0.3) is 0 Å². The van der Waals surface area contributed by atoms with Crippen LogP contribution in [0.25, 0.3) is 10.8 Å². The van der Waals surface area contributed by atoms with E-state index < -0.39 is 10.0 Å². The van der Waals surface area contributed by atoms with Crippen molar-refractivity contribution in [1.82, 2.24) is 14.5 Å². The normalized spacial score (nSPS) is 14.9. The van der Waals surface area contributed by atoms with Gasteiger partial charge >= 0.3 is 0 Å². The van der Waals surface area contributed by atoms with Gasteiger partial charge in [0.1, 0.15) is 0 Å². The highest BCUT2D eigenvalue weighted by Gasteiger charge is 2.25. The molecule has 1 fully saturated rings. The van der Waals surface area contributed by atoms with Crippen LogP contribution in [0.5, 0.6) is 0 Å². The van der Waals surface area contributed by atoms with Gasteiger partial charge in [-0.2, -0.15) is 4.31 Å². The zero-order valence-electron chi connectivity index (χ0n) is 20.3. The lowest BCUT2D eigenvalue weighted by atomic mass is 10.1. The summed E-state index contributed by atoms with van der Waals surface area (Å²) in [6.07, 6.45) is 3.83. The van der Waals surface area contributed by atoms with Crippen molar-refractivity contribution >= 4 is 54.8 Å². The largest absolute Gasteiger partial charge is 0.353 e. The van der Waals surface area contributed by atoms with Gasteiger partial charge in [-0.3, -0.25) is 4.79 Å². The van der Waals surface area contributed by atoms with Crippen LogP contribution in [0.4, 0.5) is 5.13 Å². The molecule has 1 saturated heterocycles. The van der Waals surface area contributed by atoms with Crippen molar-refractivity contribution in [2.24, 2.45) is 0 Å². The number of hydrogen-bond donors (Lipinski definition) is 1. The van der Waals surface area contributed by atoms with E-state index in [9.17, 15) is 13.2 Å². The molecule has 1 N–H and O–H groups in total. The lowest BCUT2D eigenvalue weighted by Gasteiger charge is -2.20. The lowest BCUT2D eigenvalue weighted by Crippen LogP contribution is -2.32. The molecule has 0 saturated carbocycles. The average Bonchev–Trinajstić information content (AvgIpc) is 3.20. The van der Waals surface area contributed by atoms with Crippen molar-refractivity contribution in [3.8, 4) is 0 Å². The summed E-state index contributed by atoms with van der Waals surface area (Å²) in [5.74, 6) is 0.570. The van der Waals surface area contributed by atoms with Crippen molar-refractivity contribution < 1.29 is 13.2 Å². The summed E-state index contributed by atoms with van der Waals surface area (Å²) in [5.41, 5.74) is 1.59. The van der Waals surface area contributed by atoms with Gasteiger partial charge in [-0.05, 0) is 41.3 Å². The first kappa shape index (κ1) is 25.8. The SMILES string of the molecule is O=C(CNc1nnc(SCc2cccc3ccccc23)s1)c1cccc(S(=O)(=O)N2CCCCCC2)c1. The maximum atomic E-state index is 13.1. The molecular formula is C27H28N4O3S3. The van der Waals surface area contributed by atoms with Gasteiger partial charge in [-0.25, -0.2) is 8.42 Å². The zero-order chi connectivity index (χ0) is 25.7. The first-order chi connectivity index (χ1) is 18.0. The third-order valence-electron chi connectivity index (χ3n) is 6.40. The number of benzene rings is 3. The van der Waals surface area contributed by atoms with E-state index in [1.165, 1.54) is 33.7 Å². The van der Waals surface area contributed by atoms with Crippen molar-refractivity contribution in [2.45, 2.75) is 40.7 Å². The average molecular weight is 553 g/mol. The predicted octanol–water partition coefficient (Wildman–Crippen LogP) is 5.84. The van der Waals surface area contributed by atoms with Crippen LogP contribution in [-0.2, 0) is 15.8 Å². The maximum Gasteiger partial charge on any atom is 0.243 e. The molecule has 7 nitrogen and oxygen atoms in total. The maximum absolute atomic E-state index is 13.1. The molecule has 4 aromatic rings. The third-order valence-corrected chi connectivity index (χ3v) is 10.4. The Balaban J connectivity index is 1.19. The molecule has 0 amide bonds. The Morgan fingerprint density at radius 3 is 2.54 bits per heavy atom. The summed E-state index contributed by atoms with van der Waals surface area (Å²) >= 11 is 3.01. The second-order valence-corrected chi connectivity index (χ2v) is 13.1. The molecule has 1 aliphatic rings. The van der Waals surface area contributed by atoms with Crippen LogP contribution in [0.15, 0.2) is 76.0 Å². The van der Waals surface area contributed by atoms with Crippen LogP contribution in [0, 0.1) is 0 Å². The first-order valence-electron chi connectivity index (χ1n) is 12.3. The summed E-state index contributed by atoms with van der Waals surface area (Å²) in [6.45, 7) is 1.07. The van der Waals surface area contributed by atoms with Gasteiger partial charge in [-0.1, -0.05) is 90.5 Å². The van der Waals surface area contributed by atoms with E-state index in [1.807, 2.05) is 12.1 Å². The summed E-state index contributed by atoms with van der Waals surface area (Å²) < 4.78 is 28.6. The van der Waals surface area contributed by atoms with Crippen molar-refractivity contribution in [3.63, 3.8) is 0 Å². The van der Waals surface area contributed by atoms with E-state index in [-0.39, 0.29) is 17.2 Å². The minimum absolute atomic E-state index is 0.00976. The molecule has 2 heterocycles. The van der Waals surface area contributed by atoms with E-state index in [0.717, 1.165) is 35.8 Å². The van der Waals surface area contributed by atoms with Crippen LogP contribution in [0.2, 0.25) is 0 Å². The Hall–Kier alpha value is -2.79. The quantitative estimate of drug-likeness (QED) is 0.206. The number of Topliss-reactive ketones (excluding diaryl/α,β-unsaturated/α-hetero) is 1. The number of nitrogens with one attached hydrogen (secondary N) is 1. The zero-order valence-corrected chi connectivity index (χ0v) is 22.7. The fourth-order valence-corrected chi connectivity index (χ4v) is 7.73. The number of ketones is 1. The highest BCUT2D eigenvalue weighted by atomic mass is 32.2. The number of carbonyl (C=O) groups is 1. The van der Waals surface area contributed by atoms with E-state index in [1.54, 1.807) is 34.3 Å². The van der Waals surface area contributed by atoms with E-state index in [0.29, 0.717) is 23.8 Å². The Kier molecular flexibility index (Phi) is 8.19. The van der Waals surface area contributed by atoms with Gasteiger partial charge in [0.15, 0.2) is 10.1 Å². The molecule has 1 aromatic heterocycles. The Bertz CT molecular complexity index is 1490. The molecule has 0 bridgehead atoms. The number of hydrogen-bond acceptors (Lipinski definition) is 8. The number of nitrogens with zero attached hydrogens (tertiary/aromatic N) is 3. The minimum Gasteiger partial charge on any atom is -0.353 e. The van der Waals surface area contributed by atoms with Gasteiger partial charge in [0.2, 0.25) is 15.2 Å². The topological polar surface area (TPSA) is 92.3 Å². The highest BCUT2D eigenvalue weighted by molar-refractivity contribution is 8.00. The standard InChI is InChI=1S/C27H28N4O3S3/c32-25(21-11-8-13-23(17-21)37(33,34)31-15-5-1-2-6-16-31)18-28-26-29-30-27(36-26)35-19-22-12-7-10-20-9-3-4-14-24(20)22/h3-4,7-14,17H,1-2,5-6,15-16,18-19H2,(H,28,29). The number of aromatic nitrogens is 2. The van der Waals surface area contributed by atoms with Gasteiger partial charge in [0.05, 0.1) is 11.4 Å². The molecule has 1 aliphatic heterocycles. The molecular weight excluding hydrogens is 525 g/mol. The van der Waals surface area contributed by atoms with Gasteiger partial charge in [0, 0.05) is 24.4 Å². The van der Waals surface area contributed by atoms with Gasteiger partial charge < -0.3 is 5.32 Å². The van der Waals surface area contributed by atoms with Crippen LogP contribution < -0.4 is 5.32 Å². The molecule has 0 unspecified atom stereocenters.